The fourth-order valence-electron chi connectivity index (χ4n) is 3.81. The maximum atomic E-state index is 13.8. The van der Waals surface area contributed by atoms with Crippen molar-refractivity contribution in [3.8, 4) is 11.5 Å². The van der Waals surface area contributed by atoms with Gasteiger partial charge in [0, 0.05) is 30.8 Å². The Morgan fingerprint density at radius 1 is 1.29 bits per heavy atom. The molecule has 0 radical (unpaired) electrons. The Morgan fingerprint density at radius 3 is 2.94 bits per heavy atom. The molecule has 2 heterocycles. The number of carbonyl (C=O) groups excluding carboxylic acids is 2. The zero-order valence-corrected chi connectivity index (χ0v) is 17.2. The van der Waals surface area contributed by atoms with Crippen LogP contribution in [0.3, 0.4) is 0 Å². The van der Waals surface area contributed by atoms with Crippen molar-refractivity contribution in [2.45, 2.75) is 25.9 Å². The Morgan fingerprint density at radius 2 is 2.16 bits per heavy atom. The molecule has 2 aliphatic heterocycles. The van der Waals surface area contributed by atoms with Crippen LogP contribution >= 0.6 is 0 Å². The van der Waals surface area contributed by atoms with Crippen molar-refractivity contribution in [2.24, 2.45) is 0 Å². The van der Waals surface area contributed by atoms with E-state index in [4.69, 9.17) is 14.2 Å². The first-order valence-electron chi connectivity index (χ1n) is 10.1. The summed E-state index contributed by atoms with van der Waals surface area (Å²) in [6.07, 6.45) is 1.70. The number of rotatable bonds is 6. The highest BCUT2D eigenvalue weighted by molar-refractivity contribution is 5.98. The highest BCUT2D eigenvalue weighted by Gasteiger charge is 2.25. The maximum absolute atomic E-state index is 13.8. The molecule has 164 valence electrons. The third kappa shape index (κ3) is 4.72. The monoisotopic (exact) mass is 429 g/mol. The summed E-state index contributed by atoms with van der Waals surface area (Å²) in [4.78, 5) is 26.1. The number of hydrogen-bond acceptors (Lipinski definition) is 5. The maximum Gasteiger partial charge on any atom is 0.319 e. The molecule has 0 atom stereocenters. The predicted octanol–water partition coefficient (Wildman–Crippen LogP) is 3.19. The van der Waals surface area contributed by atoms with E-state index < -0.39 is 6.03 Å². The molecule has 31 heavy (non-hydrogen) atoms. The van der Waals surface area contributed by atoms with Gasteiger partial charge >= 0.3 is 6.03 Å². The zero-order chi connectivity index (χ0) is 21.8. The highest BCUT2D eigenvalue weighted by atomic mass is 19.1. The van der Waals surface area contributed by atoms with E-state index in [0.717, 1.165) is 6.42 Å². The lowest BCUT2D eigenvalue weighted by molar-refractivity contribution is -0.117. The first-order chi connectivity index (χ1) is 15.0. The van der Waals surface area contributed by atoms with Gasteiger partial charge in [-0.3, -0.25) is 4.79 Å². The number of halogens is 1. The molecule has 0 aliphatic carbocycles. The first-order valence-corrected chi connectivity index (χ1v) is 10.1. The van der Waals surface area contributed by atoms with Crippen LogP contribution in [0.5, 0.6) is 11.5 Å². The van der Waals surface area contributed by atoms with Gasteiger partial charge in [0.25, 0.3) is 0 Å². The van der Waals surface area contributed by atoms with Crippen LogP contribution in [0.25, 0.3) is 0 Å². The molecular weight excluding hydrogens is 405 g/mol. The lowest BCUT2D eigenvalue weighted by Gasteiger charge is -2.21. The Balaban J connectivity index is 1.37. The molecule has 9 heteroatoms. The van der Waals surface area contributed by atoms with Crippen LogP contribution in [0, 0.1) is 5.82 Å². The molecule has 3 amide bonds. The van der Waals surface area contributed by atoms with Crippen molar-refractivity contribution in [3.05, 3.63) is 47.3 Å². The minimum Gasteiger partial charge on any atom is -0.495 e. The van der Waals surface area contributed by atoms with Gasteiger partial charge in [-0.2, -0.15) is 0 Å². The van der Waals surface area contributed by atoms with Gasteiger partial charge in [-0.25, -0.2) is 9.18 Å². The fourth-order valence-corrected chi connectivity index (χ4v) is 3.81. The molecule has 0 unspecified atom stereocenters. The largest absolute Gasteiger partial charge is 0.495 e. The fraction of sp³-hybridized carbons (Fsp3) is 0.364. The van der Waals surface area contributed by atoms with Crippen LogP contribution in [0.4, 0.5) is 20.6 Å². The number of amides is 3. The van der Waals surface area contributed by atoms with Gasteiger partial charge in [0.05, 0.1) is 19.4 Å². The molecule has 0 spiro atoms. The van der Waals surface area contributed by atoms with E-state index in [1.807, 2.05) is 0 Å². The minimum absolute atomic E-state index is 0.0333. The van der Waals surface area contributed by atoms with Crippen molar-refractivity contribution in [3.63, 3.8) is 0 Å². The Hall–Kier alpha value is -3.33. The molecule has 2 aromatic carbocycles. The van der Waals surface area contributed by atoms with Gasteiger partial charge in [0.1, 0.15) is 17.3 Å². The second-order valence-electron chi connectivity index (χ2n) is 7.33. The van der Waals surface area contributed by atoms with Crippen molar-refractivity contribution in [1.82, 2.24) is 5.32 Å². The molecule has 2 N–H and O–H groups in total. The van der Waals surface area contributed by atoms with Crippen LogP contribution in [0.2, 0.25) is 0 Å². The second-order valence-corrected chi connectivity index (χ2v) is 7.33. The van der Waals surface area contributed by atoms with E-state index in [-0.39, 0.29) is 18.5 Å². The molecule has 8 nitrogen and oxygen atoms in total. The Labute approximate surface area is 179 Å². The van der Waals surface area contributed by atoms with Crippen LogP contribution in [0.15, 0.2) is 30.3 Å². The van der Waals surface area contributed by atoms with Gasteiger partial charge in [0.2, 0.25) is 5.91 Å². The average Bonchev–Trinajstić information content (AvgIpc) is 3.19. The van der Waals surface area contributed by atoms with Gasteiger partial charge in [-0.1, -0.05) is 0 Å². The van der Waals surface area contributed by atoms with E-state index in [1.54, 1.807) is 30.2 Å². The summed E-state index contributed by atoms with van der Waals surface area (Å²) in [5, 5.41) is 5.52. The number of methoxy groups -OCH3 is 1. The lowest BCUT2D eigenvalue weighted by atomic mass is 10.1. The quantitative estimate of drug-likeness (QED) is 0.736. The van der Waals surface area contributed by atoms with Crippen molar-refractivity contribution >= 4 is 23.3 Å². The molecule has 0 saturated carbocycles. The molecule has 0 bridgehead atoms. The number of nitrogens with zero attached hydrogens (tertiary/aromatic N) is 1. The van der Waals surface area contributed by atoms with Gasteiger partial charge in [-0.05, 0) is 48.7 Å². The number of carbonyl (C=O) groups is 2. The van der Waals surface area contributed by atoms with Gasteiger partial charge in [0.15, 0.2) is 6.79 Å². The number of ether oxygens (including phenoxy) is 3. The van der Waals surface area contributed by atoms with E-state index in [1.165, 1.54) is 12.1 Å². The minimum atomic E-state index is -0.404. The number of nitrogens with one attached hydrogen (secondary N) is 2. The normalized spacial score (nSPS) is 15.3. The molecular formula is C22H24FN3O5. The smallest absolute Gasteiger partial charge is 0.319 e. The molecule has 1 fully saturated rings. The van der Waals surface area contributed by atoms with E-state index in [9.17, 15) is 14.0 Å². The number of urea groups is 1. The summed E-state index contributed by atoms with van der Waals surface area (Å²) in [7, 11) is 1.54. The summed E-state index contributed by atoms with van der Waals surface area (Å²) in [5.74, 6) is 0.853. The lowest BCUT2D eigenvalue weighted by Crippen LogP contribution is -2.31. The SMILES string of the molecule is COc1ccc(NC(=O)NCCc2cc(F)cc3c2OCOC3)cc1N1CCCC1=O. The number of benzene rings is 2. The molecule has 2 aliphatic rings. The number of anilines is 2. The van der Waals surface area contributed by atoms with Gasteiger partial charge in [-0.15, -0.1) is 0 Å². The Bertz CT molecular complexity index is 997. The third-order valence-corrected chi connectivity index (χ3v) is 5.23. The van der Waals surface area contributed by atoms with E-state index >= 15 is 0 Å². The zero-order valence-electron chi connectivity index (χ0n) is 17.2. The van der Waals surface area contributed by atoms with Crippen molar-refractivity contribution in [2.75, 3.05) is 37.2 Å². The summed E-state index contributed by atoms with van der Waals surface area (Å²) in [5.41, 5.74) is 2.51. The average molecular weight is 429 g/mol. The number of fused-ring (bicyclic) bond motifs is 1. The predicted molar refractivity (Wildman–Crippen MR) is 112 cm³/mol. The molecule has 4 rings (SSSR count). The van der Waals surface area contributed by atoms with Crippen molar-refractivity contribution < 1.29 is 28.2 Å². The standard InChI is InChI=1S/C22H24FN3O5/c1-29-19-5-4-17(11-18(19)26-8-2-3-20(26)27)25-22(28)24-7-6-14-9-16(23)10-15-12-30-13-31-21(14)15/h4-5,9-11H,2-3,6-8,12-13H2,1H3,(H2,24,25,28). The van der Waals surface area contributed by atoms with Crippen molar-refractivity contribution in [1.29, 1.82) is 0 Å². The van der Waals surface area contributed by atoms with Gasteiger partial charge < -0.3 is 29.7 Å². The third-order valence-electron chi connectivity index (χ3n) is 5.23. The summed E-state index contributed by atoms with van der Waals surface area (Å²) in [6, 6.07) is 7.54. The second kappa shape index (κ2) is 9.22. The van der Waals surface area contributed by atoms with E-state index in [0.29, 0.717) is 66.5 Å². The summed E-state index contributed by atoms with van der Waals surface area (Å²) < 4.78 is 29.9. The van der Waals surface area contributed by atoms with Crippen LogP contribution < -0.4 is 25.0 Å². The summed E-state index contributed by atoms with van der Waals surface area (Å²) in [6.45, 7) is 1.33. The first kappa shape index (κ1) is 20.9. The molecule has 0 aromatic heterocycles. The molecule has 1 saturated heterocycles. The van der Waals surface area contributed by atoms with Crippen LogP contribution in [-0.4, -0.2) is 38.9 Å². The topological polar surface area (TPSA) is 89.1 Å². The summed E-state index contributed by atoms with van der Waals surface area (Å²) >= 11 is 0. The number of hydrogen-bond donors (Lipinski definition) is 2. The van der Waals surface area contributed by atoms with Crippen LogP contribution in [-0.2, 0) is 22.6 Å². The highest BCUT2D eigenvalue weighted by Crippen LogP contribution is 2.34. The Kier molecular flexibility index (Phi) is 6.22. The molecule has 2 aromatic rings. The van der Waals surface area contributed by atoms with E-state index in [2.05, 4.69) is 10.6 Å². The van der Waals surface area contributed by atoms with Crippen LogP contribution in [0.1, 0.15) is 24.0 Å².